The second-order valence-corrected chi connectivity index (χ2v) is 13.6. The minimum absolute atomic E-state index is 0.0160. The number of aromatic amines is 1. The van der Waals surface area contributed by atoms with Crippen LogP contribution in [0.3, 0.4) is 0 Å². The number of aromatic nitrogens is 4. The van der Waals surface area contributed by atoms with E-state index in [9.17, 15) is 43.8 Å². The van der Waals surface area contributed by atoms with Gasteiger partial charge in [0.05, 0.1) is 0 Å². The van der Waals surface area contributed by atoms with E-state index in [1.807, 2.05) is 5.43 Å². The summed E-state index contributed by atoms with van der Waals surface area (Å²) in [6, 6.07) is -1.95. The average Bonchev–Trinajstić information content (AvgIpc) is 3.58. The third kappa shape index (κ3) is 11.6. The number of rotatable bonds is 21. The smallest absolute Gasteiger partial charge is 0.409 e. The number of hydrogen-bond donors (Lipinski definition) is 10. The lowest BCUT2D eigenvalue weighted by Gasteiger charge is -2.26. The Morgan fingerprint density at radius 2 is 1.77 bits per heavy atom. The maximum Gasteiger partial charge on any atom is 0.409 e. The molecule has 0 aromatic carbocycles. The molecule has 23 nitrogen and oxygen atoms in total. The number of nitrogens with one attached hydrogen (secondary N) is 5. The fraction of sp³-hybridized carbons (Fsp3) is 0.636. The number of H-pyrrole nitrogens is 1. The van der Waals surface area contributed by atoms with Crippen LogP contribution in [0.2, 0.25) is 0 Å². The van der Waals surface area contributed by atoms with Crippen molar-refractivity contribution in [1.29, 1.82) is 0 Å². The van der Waals surface area contributed by atoms with E-state index in [1.54, 1.807) is 13.8 Å². The average molecular weight is 795 g/mol. The number of hydrogen-bond acceptors (Lipinski definition) is 15. The number of imidazole rings is 1. The van der Waals surface area contributed by atoms with Crippen molar-refractivity contribution in [3.05, 3.63) is 33.5 Å². The fourth-order valence-electron chi connectivity index (χ4n) is 5.92. The number of fused-ring (bicyclic) bond motifs is 1. The van der Waals surface area contributed by atoms with Crippen molar-refractivity contribution in [2.45, 2.75) is 95.5 Å². The number of unbranched alkanes of at least 4 members (excludes halogenated alkanes) is 1. The fourth-order valence-corrected chi connectivity index (χ4v) is 5.92. The highest BCUT2D eigenvalue weighted by molar-refractivity contribution is 5.92. The van der Waals surface area contributed by atoms with Gasteiger partial charge in [-0.1, -0.05) is 19.9 Å². The molecule has 3 heterocycles. The lowest BCUT2D eigenvalue weighted by atomic mass is 10.0. The zero-order chi connectivity index (χ0) is 41.7. The number of aliphatic hydroxyl groups excluding tert-OH is 2. The predicted molar refractivity (Wildman–Crippen MR) is 200 cm³/mol. The lowest BCUT2D eigenvalue weighted by Crippen LogP contribution is -2.55. The third-order valence-corrected chi connectivity index (χ3v) is 8.98. The Morgan fingerprint density at radius 3 is 2.41 bits per heavy atom. The molecule has 0 bridgehead atoms. The van der Waals surface area contributed by atoms with Crippen molar-refractivity contribution in [2.75, 3.05) is 39.0 Å². The molecule has 23 heteroatoms. The minimum Gasteiger partial charge on any atom is -0.447 e. The van der Waals surface area contributed by atoms with Crippen LogP contribution in [0.5, 0.6) is 0 Å². The molecule has 1 fully saturated rings. The second kappa shape index (κ2) is 21.1. The van der Waals surface area contributed by atoms with E-state index >= 15 is 0 Å². The topological polar surface area (TPSA) is 346 Å². The van der Waals surface area contributed by atoms with Gasteiger partial charge in [-0.05, 0) is 38.1 Å². The van der Waals surface area contributed by atoms with Crippen molar-refractivity contribution in [3.8, 4) is 0 Å². The number of anilines is 1. The number of hydrazine groups is 1. The first-order chi connectivity index (χ1) is 26.6. The molecule has 2 unspecified atom stereocenters. The van der Waals surface area contributed by atoms with Crippen LogP contribution in [0.15, 0.2) is 22.2 Å². The number of carbonyl (C=O) groups is 5. The van der Waals surface area contributed by atoms with Gasteiger partial charge in [0.25, 0.3) is 5.56 Å². The summed E-state index contributed by atoms with van der Waals surface area (Å²) >= 11 is 0. The Hall–Kier alpha value is -5.36. The van der Waals surface area contributed by atoms with Gasteiger partial charge in [0.1, 0.15) is 37.0 Å². The molecule has 0 spiro atoms. The molecule has 2 aromatic heterocycles. The molecule has 5 amide bonds. The van der Waals surface area contributed by atoms with Gasteiger partial charge in [-0.15, -0.1) is 6.58 Å². The monoisotopic (exact) mass is 794 g/mol. The third-order valence-electron chi connectivity index (χ3n) is 8.98. The first-order valence-electron chi connectivity index (χ1n) is 18.1. The van der Waals surface area contributed by atoms with Crippen LogP contribution in [0.4, 0.5) is 10.7 Å². The van der Waals surface area contributed by atoms with Crippen molar-refractivity contribution < 1.29 is 43.7 Å². The molecule has 0 saturated carbocycles. The highest BCUT2D eigenvalue weighted by atomic mass is 16.6. The zero-order valence-electron chi connectivity index (χ0n) is 31.7. The van der Waals surface area contributed by atoms with Crippen LogP contribution in [-0.2, 0) is 35.2 Å². The van der Waals surface area contributed by atoms with Gasteiger partial charge < -0.3 is 52.0 Å². The normalized spacial score (nSPS) is 18.9. The number of allylic oxidation sites excluding steroid dienone is 1. The van der Waals surface area contributed by atoms with Crippen LogP contribution >= 0.6 is 0 Å². The van der Waals surface area contributed by atoms with Gasteiger partial charge in [0.2, 0.25) is 29.6 Å². The SMILES string of the molecule is C=CCn1c(=O)n([C@H]2O[C@@H](COC(=O)N(C)CCNC(=O)C(CCCCN)NC(=O)C(NC(=O)CCCC(=O)NN)C(C)C)[C@H](O)[C@@H]2O)c2nc(N)[nH]c(=O)c21. The molecular formula is C33H54N12O11. The maximum atomic E-state index is 13.3. The van der Waals surface area contributed by atoms with Gasteiger partial charge in [-0.25, -0.2) is 20.0 Å². The van der Waals surface area contributed by atoms with E-state index in [2.05, 4.69) is 32.5 Å². The summed E-state index contributed by atoms with van der Waals surface area (Å²) in [6.07, 6.45) is -4.06. The van der Waals surface area contributed by atoms with Gasteiger partial charge in [-0.2, -0.15) is 4.98 Å². The number of aliphatic hydroxyl groups is 2. The number of amides is 5. The summed E-state index contributed by atoms with van der Waals surface area (Å²) in [5.41, 5.74) is 11.4. The number of carbonyl (C=O) groups excluding carboxylic acids is 5. The van der Waals surface area contributed by atoms with Crippen LogP contribution in [0.25, 0.3) is 11.2 Å². The summed E-state index contributed by atoms with van der Waals surface area (Å²) in [7, 11) is 1.39. The summed E-state index contributed by atoms with van der Waals surface area (Å²) < 4.78 is 13.0. The molecule has 0 aliphatic carbocycles. The van der Waals surface area contributed by atoms with E-state index in [4.69, 9.17) is 26.8 Å². The molecule has 312 valence electrons. The molecule has 1 saturated heterocycles. The lowest BCUT2D eigenvalue weighted by molar-refractivity contribution is -0.133. The van der Waals surface area contributed by atoms with E-state index in [0.29, 0.717) is 19.4 Å². The van der Waals surface area contributed by atoms with Crippen LogP contribution in [0, 0.1) is 5.92 Å². The maximum absolute atomic E-state index is 13.3. The van der Waals surface area contributed by atoms with E-state index in [1.165, 1.54) is 13.1 Å². The predicted octanol–water partition coefficient (Wildman–Crippen LogP) is -3.63. The number of nitrogens with two attached hydrogens (primary N) is 3. The van der Waals surface area contributed by atoms with Crippen LogP contribution in [0.1, 0.15) is 58.6 Å². The quantitative estimate of drug-likeness (QED) is 0.0192. The highest BCUT2D eigenvalue weighted by Gasteiger charge is 2.46. The summed E-state index contributed by atoms with van der Waals surface area (Å²) in [5.74, 6) is 2.43. The van der Waals surface area contributed by atoms with E-state index < -0.39 is 84.2 Å². The number of ether oxygens (including phenoxy) is 2. The van der Waals surface area contributed by atoms with Gasteiger partial charge in [-0.3, -0.25) is 38.9 Å². The molecule has 2 aromatic rings. The minimum atomic E-state index is -1.70. The Morgan fingerprint density at radius 1 is 1.07 bits per heavy atom. The number of likely N-dealkylation sites (N-methyl/N-ethyl adjacent to an activating group) is 1. The Bertz CT molecular complexity index is 1830. The van der Waals surface area contributed by atoms with Crippen molar-refractivity contribution in [3.63, 3.8) is 0 Å². The number of nitrogens with zero attached hydrogens (tertiary/aromatic N) is 4. The molecule has 1 aliphatic heterocycles. The molecule has 6 atom stereocenters. The summed E-state index contributed by atoms with van der Waals surface area (Å²) in [5, 5.41) is 29.6. The van der Waals surface area contributed by atoms with Crippen molar-refractivity contribution in [2.24, 2.45) is 17.5 Å². The summed E-state index contributed by atoms with van der Waals surface area (Å²) in [4.78, 5) is 96.5. The first kappa shape index (κ1) is 45.0. The van der Waals surface area contributed by atoms with Gasteiger partial charge >= 0.3 is 11.8 Å². The Labute approximate surface area is 321 Å². The van der Waals surface area contributed by atoms with Gasteiger partial charge in [0.15, 0.2) is 17.4 Å². The van der Waals surface area contributed by atoms with Crippen LogP contribution < -0.4 is 49.9 Å². The van der Waals surface area contributed by atoms with Crippen LogP contribution in [-0.4, -0.2) is 128 Å². The molecule has 1 aliphatic rings. The van der Waals surface area contributed by atoms with Crippen molar-refractivity contribution >= 4 is 46.8 Å². The standard InChI is InChI=1S/C33H54N12O11/c1-5-14-44-23-26(40-31(35)41-29(23)52)45(32(44)53)30-25(49)24(48)19(56-30)16-55-33(54)43(4)15-13-37-27(50)18(9-6-7-12-34)38-28(51)22(17(2)3)39-20(46)10-8-11-21(47)42-36/h5,17-19,22,24-25,30,48-49H,1,6-16,34,36H2,2-4H3,(H,37,50)(H,38,51)(H,39,46)(H,42,47)(H3,35,40,41,52)/t18?,19-,22?,24-,25-,30-/m0/s1. The van der Waals surface area contributed by atoms with Gasteiger partial charge in [0, 0.05) is 39.5 Å². The second-order valence-electron chi connectivity index (χ2n) is 13.6. The largest absolute Gasteiger partial charge is 0.447 e. The highest BCUT2D eigenvalue weighted by Crippen LogP contribution is 2.30. The number of nitrogen functional groups attached to an aromatic ring is 1. The molecule has 3 rings (SSSR count). The Kier molecular flexibility index (Phi) is 17.0. The Balaban J connectivity index is 1.57. The summed E-state index contributed by atoms with van der Waals surface area (Å²) in [6.45, 7) is 6.69. The van der Waals surface area contributed by atoms with Crippen molar-refractivity contribution in [1.82, 2.24) is 45.4 Å². The van der Waals surface area contributed by atoms with E-state index in [0.717, 1.165) is 14.0 Å². The first-order valence-corrected chi connectivity index (χ1v) is 18.1. The van der Waals surface area contributed by atoms with E-state index in [-0.39, 0.29) is 68.3 Å². The molecule has 13 N–H and O–H groups in total. The molecule has 56 heavy (non-hydrogen) atoms. The molecule has 0 radical (unpaired) electrons. The molecular weight excluding hydrogens is 740 g/mol. The zero-order valence-corrected chi connectivity index (χ0v) is 31.7.